The first kappa shape index (κ1) is 17.4. The molecule has 0 aliphatic rings. The monoisotopic (exact) mass is 369 g/mol. The Kier molecular flexibility index (Phi) is 4.51. The van der Waals surface area contributed by atoms with Gasteiger partial charge in [-0.3, -0.25) is 10.2 Å². The maximum absolute atomic E-state index is 13.4. The summed E-state index contributed by atoms with van der Waals surface area (Å²) in [5.74, 6) is 0.192. The van der Waals surface area contributed by atoms with Gasteiger partial charge in [0.1, 0.15) is 11.3 Å². The van der Waals surface area contributed by atoms with Crippen LogP contribution in [0.3, 0.4) is 0 Å². The van der Waals surface area contributed by atoms with E-state index in [0.717, 1.165) is 16.6 Å². The zero-order chi connectivity index (χ0) is 19.0. The molecule has 2 aromatic heterocycles. The molecule has 0 aliphatic carbocycles. The van der Waals surface area contributed by atoms with Gasteiger partial charge in [0.05, 0.1) is 17.6 Å². The number of oxazole rings is 1. The summed E-state index contributed by atoms with van der Waals surface area (Å²) in [6.07, 6.45) is 0. The fraction of sp³-hybridized carbons (Fsp3) is 0.263. The minimum absolute atomic E-state index is 0.124. The molecule has 2 heterocycles. The Morgan fingerprint density at radius 3 is 2.85 bits per heavy atom. The van der Waals surface area contributed by atoms with Gasteiger partial charge in [0.2, 0.25) is 5.95 Å². The summed E-state index contributed by atoms with van der Waals surface area (Å²) in [5.41, 5.74) is 3.85. The lowest BCUT2D eigenvalue weighted by molar-refractivity contribution is 0.217. The standard InChI is InChI=1S/C19H20FN5O2/c1-24(7-8-26)11-12-3-6-17-15(9-12)22-19(27-17)23-18-21-14-10-13(20)4-5-16(14)25(18)2/h3-6,9-10,26H,7-8,11H2,1-2H3,(H,21,22,23). The first-order chi connectivity index (χ1) is 13.0. The molecule has 8 heteroatoms. The SMILES string of the molecule is CN(CCO)Cc1ccc2oc(Nc3nc4cc(F)ccc4n3C)nc2c1. The zero-order valence-corrected chi connectivity index (χ0v) is 15.1. The summed E-state index contributed by atoms with van der Waals surface area (Å²) >= 11 is 0. The van der Waals surface area contributed by atoms with Gasteiger partial charge in [0.25, 0.3) is 0 Å². The number of nitrogens with zero attached hydrogens (tertiary/aromatic N) is 4. The van der Waals surface area contributed by atoms with Crippen molar-refractivity contribution < 1.29 is 13.9 Å². The highest BCUT2D eigenvalue weighted by Crippen LogP contribution is 2.25. The van der Waals surface area contributed by atoms with Crippen molar-refractivity contribution >= 4 is 34.1 Å². The molecule has 0 amide bonds. The van der Waals surface area contributed by atoms with Crippen LogP contribution in [0.5, 0.6) is 0 Å². The second kappa shape index (κ2) is 6.98. The van der Waals surface area contributed by atoms with Gasteiger partial charge in [0, 0.05) is 26.2 Å². The van der Waals surface area contributed by atoms with Crippen molar-refractivity contribution in [3.63, 3.8) is 0 Å². The molecule has 27 heavy (non-hydrogen) atoms. The summed E-state index contributed by atoms with van der Waals surface area (Å²) in [6.45, 7) is 1.44. The Bertz CT molecular complexity index is 1100. The van der Waals surface area contributed by atoms with Gasteiger partial charge >= 0.3 is 6.01 Å². The fourth-order valence-corrected chi connectivity index (χ4v) is 3.07. The van der Waals surface area contributed by atoms with Gasteiger partial charge in [-0.2, -0.15) is 4.98 Å². The third-order valence-electron chi connectivity index (χ3n) is 4.45. The van der Waals surface area contributed by atoms with E-state index in [1.165, 1.54) is 12.1 Å². The number of fused-ring (bicyclic) bond motifs is 2. The van der Waals surface area contributed by atoms with Crippen molar-refractivity contribution in [3.05, 3.63) is 47.8 Å². The average molecular weight is 369 g/mol. The highest BCUT2D eigenvalue weighted by atomic mass is 19.1. The molecule has 0 aliphatic heterocycles. The number of halogens is 1. The van der Waals surface area contributed by atoms with E-state index >= 15 is 0 Å². The number of aliphatic hydroxyl groups excluding tert-OH is 1. The second-order valence-electron chi connectivity index (χ2n) is 6.53. The molecular formula is C19H20FN5O2. The molecule has 0 bridgehead atoms. The van der Waals surface area contributed by atoms with Gasteiger partial charge in [-0.1, -0.05) is 6.07 Å². The van der Waals surface area contributed by atoms with Crippen LogP contribution in [0.2, 0.25) is 0 Å². The smallest absolute Gasteiger partial charge is 0.302 e. The third-order valence-corrected chi connectivity index (χ3v) is 4.45. The number of aryl methyl sites for hydroxylation is 1. The first-order valence-corrected chi connectivity index (χ1v) is 8.61. The molecule has 0 fully saturated rings. The molecule has 4 aromatic rings. The summed E-state index contributed by atoms with van der Waals surface area (Å²) in [7, 11) is 3.79. The normalized spacial score (nSPS) is 11.7. The van der Waals surface area contributed by atoms with E-state index in [1.807, 2.05) is 41.8 Å². The van der Waals surface area contributed by atoms with E-state index in [1.54, 1.807) is 6.07 Å². The Labute approximate surface area is 155 Å². The van der Waals surface area contributed by atoms with Gasteiger partial charge in [-0.05, 0) is 36.9 Å². The molecule has 0 saturated carbocycles. The first-order valence-electron chi connectivity index (χ1n) is 8.61. The van der Waals surface area contributed by atoms with Crippen LogP contribution in [-0.4, -0.2) is 44.7 Å². The molecular weight excluding hydrogens is 349 g/mol. The topological polar surface area (TPSA) is 79.4 Å². The number of likely N-dealkylation sites (N-methyl/N-ethyl adjacent to an activating group) is 1. The largest absolute Gasteiger partial charge is 0.423 e. The number of rotatable bonds is 6. The maximum atomic E-state index is 13.4. The number of aliphatic hydroxyl groups is 1. The van der Waals surface area contributed by atoms with Gasteiger partial charge < -0.3 is 14.1 Å². The van der Waals surface area contributed by atoms with E-state index in [2.05, 4.69) is 15.3 Å². The van der Waals surface area contributed by atoms with Crippen molar-refractivity contribution in [3.8, 4) is 0 Å². The summed E-state index contributed by atoms with van der Waals surface area (Å²) in [4.78, 5) is 10.9. The lowest BCUT2D eigenvalue weighted by Crippen LogP contribution is -2.21. The van der Waals surface area contributed by atoms with Crippen molar-refractivity contribution in [1.82, 2.24) is 19.4 Å². The van der Waals surface area contributed by atoms with Gasteiger partial charge in [-0.15, -0.1) is 0 Å². The third kappa shape index (κ3) is 3.49. The zero-order valence-electron chi connectivity index (χ0n) is 15.1. The van der Waals surface area contributed by atoms with Crippen molar-refractivity contribution in [1.29, 1.82) is 0 Å². The van der Waals surface area contributed by atoms with Crippen LogP contribution < -0.4 is 5.32 Å². The van der Waals surface area contributed by atoms with Crippen LogP contribution >= 0.6 is 0 Å². The predicted molar refractivity (Wildman–Crippen MR) is 101 cm³/mol. The summed E-state index contributed by atoms with van der Waals surface area (Å²) in [6, 6.07) is 10.6. The van der Waals surface area contributed by atoms with Crippen molar-refractivity contribution in [2.24, 2.45) is 7.05 Å². The summed E-state index contributed by atoms with van der Waals surface area (Å²) in [5, 5.41) is 12.1. The Hall–Kier alpha value is -2.97. The molecule has 4 rings (SSSR count). The Morgan fingerprint density at radius 1 is 1.19 bits per heavy atom. The van der Waals surface area contributed by atoms with E-state index in [4.69, 9.17) is 9.52 Å². The molecule has 0 atom stereocenters. The van der Waals surface area contributed by atoms with Crippen LogP contribution in [-0.2, 0) is 13.6 Å². The molecule has 0 radical (unpaired) electrons. The van der Waals surface area contributed by atoms with Gasteiger partial charge in [0.15, 0.2) is 5.58 Å². The molecule has 7 nitrogen and oxygen atoms in total. The molecule has 0 unspecified atom stereocenters. The Balaban J connectivity index is 1.60. The van der Waals surface area contributed by atoms with Crippen LogP contribution in [0.1, 0.15) is 5.56 Å². The number of aromatic nitrogens is 3. The molecule has 140 valence electrons. The minimum Gasteiger partial charge on any atom is -0.423 e. The number of hydrogen-bond acceptors (Lipinski definition) is 6. The van der Waals surface area contributed by atoms with Crippen molar-refractivity contribution in [2.45, 2.75) is 6.54 Å². The quantitative estimate of drug-likeness (QED) is 0.544. The second-order valence-corrected chi connectivity index (χ2v) is 6.53. The lowest BCUT2D eigenvalue weighted by atomic mass is 10.2. The predicted octanol–water partition coefficient (Wildman–Crippen LogP) is 3.02. The lowest BCUT2D eigenvalue weighted by Gasteiger charge is -2.14. The number of hydrogen-bond donors (Lipinski definition) is 2. The molecule has 0 saturated heterocycles. The van der Waals surface area contributed by atoms with Crippen LogP contribution in [0.4, 0.5) is 16.4 Å². The van der Waals surface area contributed by atoms with Crippen LogP contribution in [0, 0.1) is 5.82 Å². The van der Waals surface area contributed by atoms with Crippen LogP contribution in [0.25, 0.3) is 22.1 Å². The molecule has 2 N–H and O–H groups in total. The Morgan fingerprint density at radius 2 is 2.04 bits per heavy atom. The fourth-order valence-electron chi connectivity index (χ4n) is 3.07. The maximum Gasteiger partial charge on any atom is 0.302 e. The van der Waals surface area contributed by atoms with E-state index in [-0.39, 0.29) is 12.4 Å². The number of imidazole rings is 1. The summed E-state index contributed by atoms with van der Waals surface area (Å²) < 4.78 is 21.0. The van der Waals surface area contributed by atoms with Crippen LogP contribution in [0.15, 0.2) is 40.8 Å². The molecule has 0 spiro atoms. The highest BCUT2D eigenvalue weighted by molar-refractivity contribution is 5.80. The number of anilines is 2. The molecule has 2 aromatic carbocycles. The minimum atomic E-state index is -0.326. The number of benzene rings is 2. The highest BCUT2D eigenvalue weighted by Gasteiger charge is 2.13. The number of nitrogens with one attached hydrogen (secondary N) is 1. The van der Waals surface area contributed by atoms with E-state index < -0.39 is 0 Å². The van der Waals surface area contributed by atoms with E-state index in [9.17, 15) is 4.39 Å². The van der Waals surface area contributed by atoms with Gasteiger partial charge in [-0.25, -0.2) is 9.37 Å². The van der Waals surface area contributed by atoms with Crippen molar-refractivity contribution in [2.75, 3.05) is 25.5 Å². The average Bonchev–Trinajstić information content (AvgIpc) is 3.15. The van der Waals surface area contributed by atoms with E-state index in [0.29, 0.717) is 36.2 Å².